The van der Waals surface area contributed by atoms with Gasteiger partial charge in [-0.25, -0.2) is 14.1 Å². The molecule has 0 bridgehead atoms. The van der Waals surface area contributed by atoms with Gasteiger partial charge in [0.05, 0.1) is 17.9 Å². The van der Waals surface area contributed by atoms with E-state index in [4.69, 9.17) is 27.8 Å². The molecular weight excluding hydrogens is 667 g/mol. The number of benzene rings is 2. The van der Waals surface area contributed by atoms with E-state index in [1.807, 2.05) is 13.8 Å². The number of nitrogens with two attached hydrogens (primary N) is 2. The maximum atomic E-state index is 13.7. The number of carbonyl (C=O) groups excluding carboxylic acids is 3. The average molecular weight is 707 g/mol. The molecule has 7 N–H and O–H groups in total. The molecular formula is C34H40ClFN10O4. The Hall–Kier alpha value is -5.57. The summed E-state index contributed by atoms with van der Waals surface area (Å²) in [7, 11) is 0. The zero-order valence-electron chi connectivity index (χ0n) is 27.9. The molecule has 2 aromatic heterocycles. The fraction of sp³-hybridized carbons (Fsp3) is 0.324. The Labute approximate surface area is 293 Å². The Morgan fingerprint density at radius 1 is 0.980 bits per heavy atom. The molecule has 4 aromatic rings. The largest absolute Gasteiger partial charge is 0.457 e. The SMILES string of the molecule is Cc1nc(C(=O)N[C@@H](CCCN=C(N)N)C(=O)N[C@@H](CC(C)C)C(=O)NCc2cc(Oc3ccc(F)cc3)ccn2)nn1-c1ccc(Cl)cc1. The minimum Gasteiger partial charge on any atom is -0.457 e. The highest BCUT2D eigenvalue weighted by atomic mass is 35.5. The van der Waals surface area contributed by atoms with Crippen LogP contribution in [0.25, 0.3) is 5.69 Å². The van der Waals surface area contributed by atoms with Crippen LogP contribution in [0.15, 0.2) is 71.9 Å². The number of guanidine groups is 1. The number of aromatic nitrogens is 4. The molecule has 3 amide bonds. The molecule has 0 spiro atoms. The van der Waals surface area contributed by atoms with Gasteiger partial charge in [-0.05, 0) is 86.7 Å². The fourth-order valence-corrected chi connectivity index (χ4v) is 4.97. The van der Waals surface area contributed by atoms with Crippen molar-refractivity contribution in [2.45, 2.75) is 58.7 Å². The topological polar surface area (TPSA) is 205 Å². The first-order valence-electron chi connectivity index (χ1n) is 15.9. The van der Waals surface area contributed by atoms with Gasteiger partial charge in [-0.3, -0.25) is 24.4 Å². The second-order valence-corrected chi connectivity index (χ2v) is 12.2. The lowest BCUT2D eigenvalue weighted by atomic mass is 10.0. The summed E-state index contributed by atoms with van der Waals surface area (Å²) < 4.78 is 20.5. The molecule has 0 aliphatic carbocycles. The van der Waals surface area contributed by atoms with Gasteiger partial charge in [0.15, 0.2) is 5.96 Å². The number of aryl methyl sites for hydroxylation is 1. The summed E-state index contributed by atoms with van der Waals surface area (Å²) in [5, 5.41) is 13.2. The second kappa shape index (κ2) is 17.7. The van der Waals surface area contributed by atoms with Gasteiger partial charge in [0.1, 0.15) is 35.2 Å². The molecule has 0 unspecified atom stereocenters. The lowest BCUT2D eigenvalue weighted by Crippen LogP contribution is -2.54. The van der Waals surface area contributed by atoms with Gasteiger partial charge in [0, 0.05) is 23.8 Å². The van der Waals surface area contributed by atoms with E-state index in [9.17, 15) is 18.8 Å². The first-order chi connectivity index (χ1) is 23.9. The van der Waals surface area contributed by atoms with Gasteiger partial charge in [-0.15, -0.1) is 5.10 Å². The van der Waals surface area contributed by atoms with Gasteiger partial charge >= 0.3 is 0 Å². The summed E-state index contributed by atoms with van der Waals surface area (Å²) in [6.07, 6.45) is 2.36. The van der Waals surface area contributed by atoms with Crippen LogP contribution in [0, 0.1) is 18.7 Å². The maximum Gasteiger partial charge on any atom is 0.291 e. The number of carbonyl (C=O) groups is 3. The first-order valence-corrected chi connectivity index (χ1v) is 16.3. The van der Waals surface area contributed by atoms with Crippen LogP contribution >= 0.6 is 11.6 Å². The molecule has 264 valence electrons. The van der Waals surface area contributed by atoms with E-state index >= 15 is 0 Å². The van der Waals surface area contributed by atoms with Gasteiger partial charge in [-0.1, -0.05) is 25.4 Å². The van der Waals surface area contributed by atoms with E-state index in [1.54, 1.807) is 43.3 Å². The number of aliphatic imine (C=N–C) groups is 1. The highest BCUT2D eigenvalue weighted by molar-refractivity contribution is 6.30. The summed E-state index contributed by atoms with van der Waals surface area (Å²) in [5.74, 6) is -0.954. The zero-order valence-corrected chi connectivity index (χ0v) is 28.7. The Bertz CT molecular complexity index is 1790. The standard InChI is InChI=1S/C34H40ClFN10O4/c1-20(2)17-29(31(47)41-19-24-18-27(14-16-39-24)50-26-12-8-23(36)9-13-26)44-32(48)28(5-4-15-40-34(37)38)43-33(49)30-42-21(3)46(45-30)25-10-6-22(35)7-11-25/h6-14,16,18,20,28-29H,4-5,15,17,19H2,1-3H3,(H,41,47)(H,43,49)(H,44,48)(H4,37,38,40)/t28-,29-/m0/s1. The lowest BCUT2D eigenvalue weighted by molar-refractivity contribution is -0.130. The normalized spacial score (nSPS) is 12.1. The summed E-state index contributed by atoms with van der Waals surface area (Å²) in [6.45, 7) is 5.80. The van der Waals surface area contributed by atoms with Gasteiger partial charge in [0.25, 0.3) is 5.91 Å². The molecule has 0 aliphatic heterocycles. The second-order valence-electron chi connectivity index (χ2n) is 11.8. The number of pyridine rings is 1. The number of hydrogen-bond donors (Lipinski definition) is 5. The van der Waals surface area contributed by atoms with E-state index in [-0.39, 0.29) is 43.0 Å². The molecule has 2 atom stereocenters. The van der Waals surface area contributed by atoms with Crippen molar-refractivity contribution in [3.05, 3.63) is 95.0 Å². The number of amides is 3. The zero-order chi connectivity index (χ0) is 36.2. The molecule has 0 aliphatic rings. The average Bonchev–Trinajstić information content (AvgIpc) is 3.47. The summed E-state index contributed by atoms with van der Waals surface area (Å²) in [5.41, 5.74) is 12.0. The van der Waals surface area contributed by atoms with Crippen molar-refractivity contribution in [3.8, 4) is 17.2 Å². The van der Waals surface area contributed by atoms with Gasteiger partial charge < -0.3 is 32.2 Å². The van der Waals surface area contributed by atoms with Crippen LogP contribution in [0.3, 0.4) is 0 Å². The number of hydrogen-bond acceptors (Lipinski definition) is 8. The van der Waals surface area contributed by atoms with Crippen LogP contribution < -0.4 is 32.2 Å². The van der Waals surface area contributed by atoms with Crippen LogP contribution in [0.5, 0.6) is 11.5 Å². The molecule has 0 saturated heterocycles. The van der Waals surface area contributed by atoms with E-state index in [1.165, 1.54) is 35.1 Å². The first kappa shape index (κ1) is 37.3. The van der Waals surface area contributed by atoms with Crippen molar-refractivity contribution in [2.75, 3.05) is 6.54 Å². The third kappa shape index (κ3) is 11.3. The number of nitrogens with one attached hydrogen (secondary N) is 3. The molecule has 50 heavy (non-hydrogen) atoms. The van der Waals surface area contributed by atoms with Crippen LogP contribution in [-0.4, -0.2) is 62.1 Å². The molecule has 14 nitrogen and oxygen atoms in total. The molecule has 16 heteroatoms. The van der Waals surface area contributed by atoms with Crippen LogP contribution in [0.1, 0.15) is 55.2 Å². The van der Waals surface area contributed by atoms with Crippen molar-refractivity contribution in [1.82, 2.24) is 35.7 Å². The predicted octanol–water partition coefficient (Wildman–Crippen LogP) is 3.55. The minimum atomic E-state index is -1.07. The Morgan fingerprint density at radius 3 is 2.38 bits per heavy atom. The summed E-state index contributed by atoms with van der Waals surface area (Å²) in [6, 6.07) is 13.7. The van der Waals surface area contributed by atoms with Crippen molar-refractivity contribution in [2.24, 2.45) is 22.4 Å². The van der Waals surface area contributed by atoms with Crippen molar-refractivity contribution >= 4 is 35.3 Å². The van der Waals surface area contributed by atoms with E-state index in [0.717, 1.165) is 0 Å². The molecule has 0 saturated carbocycles. The third-order valence-corrected chi connectivity index (χ3v) is 7.48. The summed E-state index contributed by atoms with van der Waals surface area (Å²) in [4.78, 5) is 52.9. The van der Waals surface area contributed by atoms with Crippen molar-refractivity contribution in [3.63, 3.8) is 0 Å². The van der Waals surface area contributed by atoms with E-state index < -0.39 is 29.8 Å². The van der Waals surface area contributed by atoms with Crippen molar-refractivity contribution in [1.29, 1.82) is 0 Å². The molecule has 0 fully saturated rings. The van der Waals surface area contributed by atoms with E-state index in [2.05, 4.69) is 36.0 Å². The number of nitrogens with zero attached hydrogens (tertiary/aromatic N) is 5. The maximum absolute atomic E-state index is 13.7. The monoisotopic (exact) mass is 706 g/mol. The molecule has 0 radical (unpaired) electrons. The highest BCUT2D eigenvalue weighted by Crippen LogP contribution is 2.22. The third-order valence-electron chi connectivity index (χ3n) is 7.23. The highest BCUT2D eigenvalue weighted by Gasteiger charge is 2.29. The predicted molar refractivity (Wildman–Crippen MR) is 186 cm³/mol. The quantitative estimate of drug-likeness (QED) is 0.0656. The van der Waals surface area contributed by atoms with Gasteiger partial charge in [-0.2, -0.15) is 0 Å². The van der Waals surface area contributed by atoms with E-state index in [0.29, 0.717) is 46.6 Å². The van der Waals surface area contributed by atoms with Crippen molar-refractivity contribution < 1.29 is 23.5 Å². The van der Waals surface area contributed by atoms with Crippen LogP contribution in [0.4, 0.5) is 4.39 Å². The molecule has 2 heterocycles. The number of ether oxygens (including phenoxy) is 1. The van der Waals surface area contributed by atoms with Gasteiger partial charge in [0.2, 0.25) is 17.6 Å². The Morgan fingerprint density at radius 2 is 1.70 bits per heavy atom. The lowest BCUT2D eigenvalue weighted by Gasteiger charge is -2.24. The van der Waals surface area contributed by atoms with Crippen LogP contribution in [-0.2, 0) is 16.1 Å². The fourth-order valence-electron chi connectivity index (χ4n) is 4.84. The summed E-state index contributed by atoms with van der Waals surface area (Å²) >= 11 is 6.00. The Balaban J connectivity index is 1.44. The van der Waals surface area contributed by atoms with Crippen LogP contribution in [0.2, 0.25) is 5.02 Å². The molecule has 2 aromatic carbocycles. The number of halogens is 2. The minimum absolute atomic E-state index is 0.0375. The number of rotatable bonds is 16. The Kier molecular flexibility index (Phi) is 13.2. The molecule has 4 rings (SSSR count). The smallest absolute Gasteiger partial charge is 0.291 e.